The van der Waals surface area contributed by atoms with Crippen LogP contribution in [0.1, 0.15) is 12.1 Å². The Morgan fingerprint density at radius 2 is 2.00 bits per heavy atom. The van der Waals surface area contributed by atoms with Crippen molar-refractivity contribution in [1.82, 2.24) is 9.71 Å². The summed E-state index contributed by atoms with van der Waals surface area (Å²) < 4.78 is 26.3. The molecule has 2 rings (SSSR count). The van der Waals surface area contributed by atoms with Crippen molar-refractivity contribution in [2.75, 3.05) is 11.9 Å². The van der Waals surface area contributed by atoms with Crippen LogP contribution in [0.2, 0.25) is 0 Å². The van der Waals surface area contributed by atoms with Crippen molar-refractivity contribution in [3.8, 4) is 0 Å². The van der Waals surface area contributed by atoms with Gasteiger partial charge in [0, 0.05) is 30.5 Å². The van der Waals surface area contributed by atoms with Gasteiger partial charge in [0.05, 0.1) is 15.5 Å². The van der Waals surface area contributed by atoms with E-state index < -0.39 is 14.9 Å². The number of nitrogens with zero attached hydrogens (tertiary/aromatic N) is 2. The summed E-state index contributed by atoms with van der Waals surface area (Å²) in [6.07, 6.45) is -0.0646. The molecule has 0 radical (unpaired) electrons. The molecule has 9 nitrogen and oxygen atoms in total. The molecular formula is C13H14N4O5S2. The van der Waals surface area contributed by atoms with Gasteiger partial charge in [-0.3, -0.25) is 14.9 Å². The number of benzene rings is 1. The Morgan fingerprint density at radius 1 is 1.33 bits per heavy atom. The Bertz CT molecular complexity index is 846. The van der Waals surface area contributed by atoms with Gasteiger partial charge in [0.15, 0.2) is 5.13 Å². The van der Waals surface area contributed by atoms with Gasteiger partial charge in [0.25, 0.3) is 5.69 Å². The van der Waals surface area contributed by atoms with Crippen LogP contribution in [0.4, 0.5) is 10.8 Å². The molecule has 2 N–H and O–H groups in total. The van der Waals surface area contributed by atoms with Gasteiger partial charge >= 0.3 is 0 Å². The number of nitrogens with one attached hydrogen (secondary N) is 2. The van der Waals surface area contributed by atoms with Crippen LogP contribution in [0.25, 0.3) is 0 Å². The number of amides is 1. The number of carbonyl (C=O) groups is 1. The fourth-order valence-corrected chi connectivity index (χ4v) is 3.46. The zero-order valence-electron chi connectivity index (χ0n) is 12.6. The number of carbonyl (C=O) groups excluding carboxylic acids is 1. The summed E-state index contributed by atoms with van der Waals surface area (Å²) >= 11 is 1.28. The van der Waals surface area contributed by atoms with Crippen LogP contribution in [0.3, 0.4) is 0 Å². The van der Waals surface area contributed by atoms with Gasteiger partial charge in [-0.25, -0.2) is 18.1 Å². The number of aryl methyl sites for hydroxylation is 1. The minimum atomic E-state index is -3.83. The maximum Gasteiger partial charge on any atom is 0.269 e. The van der Waals surface area contributed by atoms with E-state index in [4.69, 9.17) is 0 Å². The lowest BCUT2D eigenvalue weighted by Gasteiger charge is -2.06. The molecule has 1 heterocycles. The number of nitro benzene ring substituents is 1. The van der Waals surface area contributed by atoms with Gasteiger partial charge in [-0.2, -0.15) is 0 Å². The van der Waals surface area contributed by atoms with Crippen molar-refractivity contribution in [3.63, 3.8) is 0 Å². The summed E-state index contributed by atoms with van der Waals surface area (Å²) in [5, 5.41) is 15.4. The van der Waals surface area contributed by atoms with E-state index in [0.29, 0.717) is 5.13 Å². The molecule has 128 valence electrons. The fourth-order valence-electron chi connectivity index (χ4n) is 1.72. The first-order valence-electron chi connectivity index (χ1n) is 6.74. The molecule has 11 heteroatoms. The van der Waals surface area contributed by atoms with Crippen LogP contribution in [-0.4, -0.2) is 30.8 Å². The SMILES string of the molecule is Cc1csc(NC(=O)CCNS(=O)(=O)c2ccc([N+](=O)[O-])cc2)n1. The third-order valence-corrected chi connectivity index (χ3v) is 5.22. The minimum Gasteiger partial charge on any atom is -0.302 e. The first kappa shape index (κ1) is 18.0. The molecule has 0 aliphatic rings. The van der Waals surface area contributed by atoms with E-state index in [0.717, 1.165) is 30.0 Å². The monoisotopic (exact) mass is 370 g/mol. The van der Waals surface area contributed by atoms with Crippen molar-refractivity contribution >= 4 is 38.1 Å². The van der Waals surface area contributed by atoms with Crippen LogP contribution < -0.4 is 10.0 Å². The predicted octanol–water partition coefficient (Wildman–Crippen LogP) is 1.67. The Hall–Kier alpha value is -2.37. The molecule has 1 aromatic carbocycles. The maximum atomic E-state index is 12.0. The number of aromatic nitrogens is 1. The molecular weight excluding hydrogens is 356 g/mol. The first-order chi connectivity index (χ1) is 11.3. The smallest absolute Gasteiger partial charge is 0.269 e. The number of rotatable bonds is 7. The second kappa shape index (κ2) is 7.47. The van der Waals surface area contributed by atoms with Crippen LogP contribution >= 0.6 is 11.3 Å². The van der Waals surface area contributed by atoms with Crippen LogP contribution in [0, 0.1) is 17.0 Å². The average Bonchev–Trinajstić information content (AvgIpc) is 2.92. The number of sulfonamides is 1. The van der Waals surface area contributed by atoms with Gasteiger partial charge in [-0.15, -0.1) is 11.3 Å². The summed E-state index contributed by atoms with van der Waals surface area (Å²) in [6, 6.07) is 4.48. The molecule has 1 aromatic heterocycles. The molecule has 24 heavy (non-hydrogen) atoms. The molecule has 0 spiro atoms. The number of hydrogen-bond donors (Lipinski definition) is 2. The highest BCUT2D eigenvalue weighted by Crippen LogP contribution is 2.16. The van der Waals surface area contributed by atoms with Crippen LogP contribution in [0.5, 0.6) is 0 Å². The third-order valence-electron chi connectivity index (χ3n) is 2.87. The molecule has 0 bridgehead atoms. The lowest BCUT2D eigenvalue weighted by molar-refractivity contribution is -0.384. The van der Waals surface area contributed by atoms with E-state index in [1.807, 2.05) is 0 Å². The highest BCUT2D eigenvalue weighted by Gasteiger charge is 2.16. The second-order valence-corrected chi connectivity index (χ2v) is 7.37. The minimum absolute atomic E-state index is 0.0646. The fraction of sp³-hybridized carbons (Fsp3) is 0.231. The third kappa shape index (κ3) is 4.81. The van der Waals surface area contributed by atoms with E-state index in [1.54, 1.807) is 12.3 Å². The van der Waals surface area contributed by atoms with Gasteiger partial charge in [-0.1, -0.05) is 0 Å². The highest BCUT2D eigenvalue weighted by molar-refractivity contribution is 7.89. The zero-order chi connectivity index (χ0) is 17.7. The van der Waals surface area contributed by atoms with Gasteiger partial charge in [-0.05, 0) is 19.1 Å². The normalized spacial score (nSPS) is 11.2. The number of thiazole rings is 1. The summed E-state index contributed by atoms with van der Waals surface area (Å²) in [4.78, 5) is 25.6. The molecule has 0 fully saturated rings. The molecule has 0 atom stereocenters. The lowest BCUT2D eigenvalue weighted by Crippen LogP contribution is -2.27. The number of anilines is 1. The van der Waals surface area contributed by atoms with E-state index in [2.05, 4.69) is 15.0 Å². The number of non-ortho nitro benzene ring substituents is 1. The summed E-state index contributed by atoms with van der Waals surface area (Å²) in [7, 11) is -3.83. The Kier molecular flexibility index (Phi) is 5.59. The second-order valence-electron chi connectivity index (χ2n) is 4.74. The van der Waals surface area contributed by atoms with E-state index >= 15 is 0 Å². The van der Waals surface area contributed by atoms with Crippen molar-refractivity contribution in [2.45, 2.75) is 18.2 Å². The van der Waals surface area contributed by atoms with Crippen LogP contribution in [0.15, 0.2) is 34.5 Å². The average molecular weight is 370 g/mol. The van der Waals surface area contributed by atoms with Gasteiger partial charge in [0.1, 0.15) is 0 Å². The lowest BCUT2D eigenvalue weighted by atomic mass is 10.3. The molecule has 0 saturated carbocycles. The largest absolute Gasteiger partial charge is 0.302 e. The number of hydrogen-bond acceptors (Lipinski definition) is 7. The van der Waals surface area contributed by atoms with E-state index in [1.165, 1.54) is 11.3 Å². The number of nitro groups is 1. The molecule has 0 unspecified atom stereocenters. The van der Waals surface area contributed by atoms with Crippen LogP contribution in [-0.2, 0) is 14.8 Å². The van der Waals surface area contributed by atoms with Crippen molar-refractivity contribution < 1.29 is 18.1 Å². The molecule has 0 aliphatic heterocycles. The highest BCUT2D eigenvalue weighted by atomic mass is 32.2. The predicted molar refractivity (Wildman–Crippen MR) is 88.4 cm³/mol. The standard InChI is InChI=1S/C13H14N4O5S2/c1-9-8-23-13(15-9)16-12(18)6-7-14-24(21,22)11-4-2-10(3-5-11)17(19)20/h2-5,8,14H,6-7H2,1H3,(H,15,16,18). The molecule has 0 saturated heterocycles. The van der Waals surface area contributed by atoms with Gasteiger partial charge in [0.2, 0.25) is 15.9 Å². The Morgan fingerprint density at radius 3 is 2.54 bits per heavy atom. The quantitative estimate of drug-likeness (QED) is 0.563. The first-order valence-corrected chi connectivity index (χ1v) is 9.10. The molecule has 0 aliphatic carbocycles. The summed E-state index contributed by atoms with van der Waals surface area (Å²) in [5.41, 5.74) is 0.584. The topological polar surface area (TPSA) is 131 Å². The van der Waals surface area contributed by atoms with Crippen molar-refractivity contribution in [2.24, 2.45) is 0 Å². The van der Waals surface area contributed by atoms with E-state index in [-0.39, 0.29) is 29.5 Å². The van der Waals surface area contributed by atoms with E-state index in [9.17, 15) is 23.3 Å². The Balaban J connectivity index is 1.88. The van der Waals surface area contributed by atoms with Crippen molar-refractivity contribution in [3.05, 3.63) is 45.5 Å². The Labute approximate surface area is 141 Å². The molecule has 2 aromatic rings. The van der Waals surface area contributed by atoms with Gasteiger partial charge < -0.3 is 5.32 Å². The molecule has 1 amide bonds. The maximum absolute atomic E-state index is 12.0. The van der Waals surface area contributed by atoms with Crippen molar-refractivity contribution in [1.29, 1.82) is 0 Å². The zero-order valence-corrected chi connectivity index (χ0v) is 14.2. The summed E-state index contributed by atoms with van der Waals surface area (Å²) in [6.45, 7) is 1.69. The summed E-state index contributed by atoms with van der Waals surface area (Å²) in [5.74, 6) is -0.365.